The molecule has 2 heterocycles. The normalized spacial score (nSPS) is 16.3. The van der Waals surface area contributed by atoms with Crippen LogP contribution in [0.3, 0.4) is 0 Å². The average molecular weight is 403 g/mol. The first-order valence-corrected chi connectivity index (χ1v) is 9.49. The van der Waals surface area contributed by atoms with Gasteiger partial charge in [-0.3, -0.25) is 4.79 Å². The minimum Gasteiger partial charge on any atom is -0.490 e. The average Bonchev–Trinajstić information content (AvgIpc) is 2.67. The quantitative estimate of drug-likeness (QED) is 0.698. The lowest BCUT2D eigenvalue weighted by Crippen LogP contribution is -2.48. The van der Waals surface area contributed by atoms with E-state index >= 15 is 0 Å². The summed E-state index contributed by atoms with van der Waals surface area (Å²) in [5.74, 6) is 0.243. The summed E-state index contributed by atoms with van der Waals surface area (Å²) in [6.07, 6.45) is 0.910. The van der Waals surface area contributed by atoms with Crippen molar-refractivity contribution in [3.05, 3.63) is 69.7 Å². The van der Waals surface area contributed by atoms with Crippen LogP contribution in [0.2, 0.25) is 5.02 Å². The summed E-state index contributed by atoms with van der Waals surface area (Å²) in [4.78, 5) is 16.1. The van der Waals surface area contributed by atoms with E-state index in [2.05, 4.69) is 4.98 Å². The summed E-state index contributed by atoms with van der Waals surface area (Å²) in [5, 5.41) is 12.0. The molecule has 0 spiro atoms. The number of H-pyrrole nitrogens is 1. The van der Waals surface area contributed by atoms with Gasteiger partial charge in [0, 0.05) is 29.6 Å². The number of ether oxygens (including phenoxy) is 1. The number of nitrogens with one attached hydrogen (secondary N) is 1. The van der Waals surface area contributed by atoms with E-state index in [4.69, 9.17) is 16.3 Å². The van der Waals surface area contributed by atoms with Gasteiger partial charge in [0.1, 0.15) is 23.8 Å². The zero-order valence-electron chi connectivity index (χ0n) is 15.1. The molecule has 4 rings (SSSR count). The third-order valence-electron chi connectivity index (χ3n) is 5.17. The van der Waals surface area contributed by atoms with Gasteiger partial charge in [-0.05, 0) is 49.2 Å². The van der Waals surface area contributed by atoms with Crippen LogP contribution < -0.4 is 15.2 Å². The molecule has 1 aromatic heterocycles. The number of hydrogen-bond acceptors (Lipinski definition) is 4. The second-order valence-corrected chi connectivity index (χ2v) is 7.57. The Hall–Kier alpha value is -2.57. The molecule has 1 aliphatic heterocycles. The maximum atomic E-state index is 14.1. The number of fused-ring (bicyclic) bond motifs is 1. The predicted molar refractivity (Wildman–Crippen MR) is 108 cm³/mol. The van der Waals surface area contributed by atoms with Crippen LogP contribution in [0.4, 0.5) is 10.1 Å². The molecular weight excluding hydrogens is 383 g/mol. The van der Waals surface area contributed by atoms with Gasteiger partial charge in [-0.25, -0.2) is 4.39 Å². The lowest BCUT2D eigenvalue weighted by Gasteiger charge is -2.39. The molecule has 2 N–H and O–H groups in total. The molecule has 0 saturated carbocycles. The zero-order chi connectivity index (χ0) is 19.7. The van der Waals surface area contributed by atoms with Crippen LogP contribution in [0.25, 0.3) is 10.9 Å². The number of aliphatic hydroxyl groups is 1. The monoisotopic (exact) mass is 402 g/mol. The van der Waals surface area contributed by atoms with Crippen LogP contribution in [0.1, 0.15) is 12.8 Å². The van der Waals surface area contributed by atoms with Crippen LogP contribution in [0.5, 0.6) is 5.75 Å². The molecule has 2 aromatic carbocycles. The molecule has 5 nitrogen and oxygen atoms in total. The van der Waals surface area contributed by atoms with Gasteiger partial charge in [0.2, 0.25) is 5.56 Å². The molecule has 1 aliphatic rings. The summed E-state index contributed by atoms with van der Waals surface area (Å²) >= 11 is 5.82. The number of pyridine rings is 1. The highest BCUT2D eigenvalue weighted by Crippen LogP contribution is 2.31. The van der Waals surface area contributed by atoms with Crippen molar-refractivity contribution in [1.29, 1.82) is 0 Å². The van der Waals surface area contributed by atoms with E-state index in [0.29, 0.717) is 47.9 Å². The number of hydrogen-bond donors (Lipinski definition) is 2. The van der Waals surface area contributed by atoms with Gasteiger partial charge in [0.05, 0.1) is 11.2 Å². The molecule has 0 bridgehead atoms. The Morgan fingerprint density at radius 2 is 1.96 bits per heavy atom. The van der Waals surface area contributed by atoms with Crippen molar-refractivity contribution < 1.29 is 14.2 Å². The molecule has 7 heteroatoms. The highest BCUT2D eigenvalue weighted by Gasteiger charge is 2.34. The molecule has 0 amide bonds. The number of anilines is 1. The summed E-state index contributed by atoms with van der Waals surface area (Å²) in [5.41, 5.74) is 0.00417. The Labute approximate surface area is 166 Å². The third-order valence-corrected chi connectivity index (χ3v) is 5.40. The second-order valence-electron chi connectivity index (χ2n) is 7.14. The Morgan fingerprint density at radius 3 is 2.71 bits per heavy atom. The maximum Gasteiger partial charge on any atom is 0.248 e. The van der Waals surface area contributed by atoms with Crippen molar-refractivity contribution in [2.75, 3.05) is 24.6 Å². The third kappa shape index (κ3) is 3.84. The Morgan fingerprint density at radius 1 is 1.18 bits per heavy atom. The lowest BCUT2D eigenvalue weighted by molar-refractivity contribution is -0.0238. The first-order valence-electron chi connectivity index (χ1n) is 9.11. The van der Waals surface area contributed by atoms with E-state index in [1.165, 1.54) is 12.1 Å². The standard InChI is InChI=1S/C21H20ClFN2O3/c22-14-4-6-18(16(23)12-14)25-10-8-21(27,9-11-25)13-28-19-3-1-2-17-15(19)5-7-20(26)24-17/h1-7,12,27H,8-11,13H2,(H,24,26). The number of piperidine rings is 1. The van der Waals surface area contributed by atoms with Crippen LogP contribution in [-0.2, 0) is 0 Å². The fraction of sp³-hybridized carbons (Fsp3) is 0.286. The Kier molecular flexibility index (Phi) is 5.00. The summed E-state index contributed by atoms with van der Waals surface area (Å²) in [7, 11) is 0. The summed E-state index contributed by atoms with van der Waals surface area (Å²) < 4.78 is 20.0. The molecule has 3 aromatic rings. The second kappa shape index (κ2) is 7.45. The van der Waals surface area contributed by atoms with Gasteiger partial charge < -0.3 is 19.7 Å². The first-order chi connectivity index (χ1) is 13.4. The van der Waals surface area contributed by atoms with E-state index in [1.807, 2.05) is 11.0 Å². The maximum absolute atomic E-state index is 14.1. The van der Waals surface area contributed by atoms with Crippen molar-refractivity contribution in [2.24, 2.45) is 0 Å². The fourth-order valence-electron chi connectivity index (χ4n) is 3.54. The van der Waals surface area contributed by atoms with Crippen LogP contribution >= 0.6 is 11.6 Å². The molecule has 28 heavy (non-hydrogen) atoms. The van der Waals surface area contributed by atoms with Crippen LogP contribution in [-0.4, -0.2) is 35.4 Å². The molecule has 0 atom stereocenters. The number of aromatic nitrogens is 1. The number of nitrogens with zero attached hydrogens (tertiary/aromatic N) is 1. The lowest BCUT2D eigenvalue weighted by atomic mass is 9.92. The SMILES string of the molecule is O=c1ccc2c(OCC3(O)CCN(c4ccc(Cl)cc4F)CC3)cccc2[nH]1. The largest absolute Gasteiger partial charge is 0.490 e. The van der Waals surface area contributed by atoms with Gasteiger partial charge >= 0.3 is 0 Å². The minimum atomic E-state index is -0.996. The number of rotatable bonds is 4. The summed E-state index contributed by atoms with van der Waals surface area (Å²) in [6.45, 7) is 1.16. The highest BCUT2D eigenvalue weighted by atomic mass is 35.5. The van der Waals surface area contributed by atoms with Gasteiger partial charge in [0.25, 0.3) is 0 Å². The Bertz CT molecular complexity index is 1060. The summed E-state index contributed by atoms with van der Waals surface area (Å²) in [6, 6.07) is 13.2. The van der Waals surface area contributed by atoms with Gasteiger partial charge in [-0.1, -0.05) is 17.7 Å². The zero-order valence-corrected chi connectivity index (χ0v) is 15.9. The molecule has 0 radical (unpaired) electrons. The van der Waals surface area contributed by atoms with E-state index in [0.717, 1.165) is 5.39 Å². The smallest absolute Gasteiger partial charge is 0.248 e. The molecule has 1 saturated heterocycles. The van der Waals surface area contributed by atoms with Gasteiger partial charge in [0.15, 0.2) is 0 Å². The van der Waals surface area contributed by atoms with Crippen LogP contribution in [0, 0.1) is 5.82 Å². The molecule has 146 valence electrons. The molecule has 1 fully saturated rings. The Balaban J connectivity index is 1.43. The van der Waals surface area contributed by atoms with Crippen molar-refractivity contribution in [2.45, 2.75) is 18.4 Å². The highest BCUT2D eigenvalue weighted by molar-refractivity contribution is 6.30. The van der Waals surface area contributed by atoms with E-state index in [-0.39, 0.29) is 18.0 Å². The van der Waals surface area contributed by atoms with Gasteiger partial charge in [-0.15, -0.1) is 0 Å². The van der Waals surface area contributed by atoms with Crippen molar-refractivity contribution in [3.8, 4) is 5.75 Å². The molecule has 0 unspecified atom stereocenters. The number of aromatic amines is 1. The van der Waals surface area contributed by atoms with E-state index in [9.17, 15) is 14.3 Å². The van der Waals surface area contributed by atoms with E-state index in [1.54, 1.807) is 30.3 Å². The minimum absolute atomic E-state index is 0.127. The topological polar surface area (TPSA) is 65.6 Å². The van der Waals surface area contributed by atoms with Crippen molar-refractivity contribution >= 4 is 28.2 Å². The fourth-order valence-corrected chi connectivity index (χ4v) is 3.70. The van der Waals surface area contributed by atoms with E-state index < -0.39 is 5.60 Å². The predicted octanol–water partition coefficient (Wildman–Crippen LogP) is 3.73. The van der Waals surface area contributed by atoms with Crippen LogP contribution in [0.15, 0.2) is 53.3 Å². The van der Waals surface area contributed by atoms with Crippen molar-refractivity contribution in [3.63, 3.8) is 0 Å². The van der Waals surface area contributed by atoms with Gasteiger partial charge in [-0.2, -0.15) is 0 Å². The first kappa shape index (κ1) is 18.8. The van der Waals surface area contributed by atoms with Crippen molar-refractivity contribution in [1.82, 2.24) is 4.98 Å². The number of benzene rings is 2. The number of halogens is 2. The molecular formula is C21H20ClFN2O3. The molecule has 0 aliphatic carbocycles.